The van der Waals surface area contributed by atoms with Gasteiger partial charge in [-0.3, -0.25) is 9.55 Å². The molecule has 1 aliphatic heterocycles. The molecule has 3 heterocycles. The molecule has 5 nitrogen and oxygen atoms in total. The van der Waals surface area contributed by atoms with Crippen LogP contribution in [0.5, 0.6) is 0 Å². The topological polar surface area (TPSA) is 55.1 Å². The molecule has 0 saturated carbocycles. The van der Waals surface area contributed by atoms with Crippen LogP contribution in [0, 0.1) is 0 Å². The number of aliphatic imine (C=N–C) groups is 1. The van der Waals surface area contributed by atoms with Gasteiger partial charge in [-0.05, 0) is 52.6 Å². The highest BCUT2D eigenvalue weighted by molar-refractivity contribution is 6.23. The Morgan fingerprint density at radius 1 is 0.472 bits per heavy atom. The molecule has 1 aliphatic rings. The van der Waals surface area contributed by atoms with Crippen molar-refractivity contribution in [3.05, 3.63) is 205 Å². The average molecular weight is 680 g/mol. The van der Waals surface area contributed by atoms with Crippen molar-refractivity contribution in [1.29, 1.82) is 0 Å². The lowest BCUT2D eigenvalue weighted by Gasteiger charge is -2.24. The van der Waals surface area contributed by atoms with E-state index in [4.69, 9.17) is 15.0 Å². The summed E-state index contributed by atoms with van der Waals surface area (Å²) in [5, 5.41) is 6.95. The molecule has 5 heteroatoms. The van der Waals surface area contributed by atoms with Crippen LogP contribution >= 0.6 is 0 Å². The standard InChI is InChI=1S/C48H33N5/c1-4-13-34(14-5-1)42-31-43(51-47(50-42)36-15-6-2-7-16-36)35-26-22-32(23-27-35)33-24-28-37(29-25-33)48-52-45-41-21-12-30-49-44(41)39-19-10-11-20-40(39)46(45)53(48)38-17-8-3-9-18-38/h1-31,42H,(H,50,51). The Hall–Kier alpha value is -7.11. The van der Waals surface area contributed by atoms with Crippen LogP contribution in [0.1, 0.15) is 22.7 Å². The molecule has 0 saturated heterocycles. The predicted molar refractivity (Wildman–Crippen MR) is 218 cm³/mol. The molecule has 250 valence electrons. The third-order valence-electron chi connectivity index (χ3n) is 10.1. The van der Waals surface area contributed by atoms with Gasteiger partial charge in [0.25, 0.3) is 0 Å². The zero-order valence-electron chi connectivity index (χ0n) is 28.8. The highest BCUT2D eigenvalue weighted by atomic mass is 15.1. The van der Waals surface area contributed by atoms with Crippen LogP contribution in [-0.4, -0.2) is 20.4 Å². The van der Waals surface area contributed by atoms with Crippen LogP contribution in [0.4, 0.5) is 0 Å². The smallest absolute Gasteiger partial charge is 0.145 e. The third kappa shape index (κ3) is 5.47. The van der Waals surface area contributed by atoms with Crippen LogP contribution in [-0.2, 0) is 0 Å². The summed E-state index contributed by atoms with van der Waals surface area (Å²) in [5.41, 5.74) is 11.7. The molecule has 53 heavy (non-hydrogen) atoms. The predicted octanol–water partition coefficient (Wildman–Crippen LogP) is 11.2. The van der Waals surface area contributed by atoms with Gasteiger partial charge in [-0.15, -0.1) is 0 Å². The van der Waals surface area contributed by atoms with Gasteiger partial charge in [-0.2, -0.15) is 0 Å². The third-order valence-corrected chi connectivity index (χ3v) is 10.1. The highest BCUT2D eigenvalue weighted by Crippen LogP contribution is 2.39. The van der Waals surface area contributed by atoms with E-state index in [9.17, 15) is 0 Å². The van der Waals surface area contributed by atoms with Crippen LogP contribution < -0.4 is 5.32 Å². The summed E-state index contributed by atoms with van der Waals surface area (Å²) in [7, 11) is 0. The molecule has 0 radical (unpaired) electrons. The molecular weight excluding hydrogens is 647 g/mol. The first-order valence-electron chi connectivity index (χ1n) is 17.9. The number of nitrogens with one attached hydrogen (secondary N) is 1. The maximum atomic E-state index is 5.36. The van der Waals surface area contributed by atoms with E-state index in [-0.39, 0.29) is 6.04 Å². The lowest BCUT2D eigenvalue weighted by atomic mass is 9.98. The number of nitrogens with zero attached hydrogens (tertiary/aromatic N) is 4. The number of para-hydroxylation sites is 1. The minimum atomic E-state index is 0.0125. The van der Waals surface area contributed by atoms with Gasteiger partial charge < -0.3 is 5.32 Å². The first-order valence-corrected chi connectivity index (χ1v) is 17.9. The van der Waals surface area contributed by atoms with Gasteiger partial charge in [0.15, 0.2) is 0 Å². The van der Waals surface area contributed by atoms with E-state index in [0.717, 1.165) is 83.6 Å². The Kier molecular flexibility index (Phi) is 7.47. The Morgan fingerprint density at radius 2 is 1.06 bits per heavy atom. The van der Waals surface area contributed by atoms with Gasteiger partial charge in [0.05, 0.1) is 28.3 Å². The van der Waals surface area contributed by atoms with Gasteiger partial charge >= 0.3 is 0 Å². The number of imidazole rings is 1. The Labute approximate surface area is 307 Å². The Balaban J connectivity index is 1.03. The molecule has 2 aromatic heterocycles. The van der Waals surface area contributed by atoms with Crippen molar-refractivity contribution < 1.29 is 0 Å². The van der Waals surface area contributed by atoms with E-state index < -0.39 is 0 Å². The summed E-state index contributed by atoms with van der Waals surface area (Å²) >= 11 is 0. The number of benzene rings is 7. The van der Waals surface area contributed by atoms with Gasteiger partial charge in [0.2, 0.25) is 0 Å². The largest absolute Gasteiger partial charge is 0.359 e. The summed E-state index contributed by atoms with van der Waals surface area (Å²) in [5.74, 6) is 1.77. The van der Waals surface area contributed by atoms with Crippen molar-refractivity contribution >= 4 is 44.2 Å². The van der Waals surface area contributed by atoms with Crippen LogP contribution in [0.15, 0.2) is 193 Å². The minimum Gasteiger partial charge on any atom is -0.359 e. The van der Waals surface area contributed by atoms with Crippen LogP contribution in [0.25, 0.3) is 66.6 Å². The normalized spacial score (nSPS) is 14.2. The Bertz CT molecular complexity index is 2820. The maximum Gasteiger partial charge on any atom is 0.145 e. The van der Waals surface area contributed by atoms with E-state index in [1.807, 2.05) is 30.5 Å². The second-order valence-corrected chi connectivity index (χ2v) is 13.3. The number of hydrogen-bond donors (Lipinski definition) is 1. The molecule has 9 aromatic rings. The Morgan fingerprint density at radius 3 is 1.77 bits per heavy atom. The molecule has 0 aliphatic carbocycles. The monoisotopic (exact) mass is 679 g/mol. The average Bonchev–Trinajstić information content (AvgIpc) is 3.66. The number of rotatable bonds is 6. The number of pyridine rings is 1. The zero-order chi connectivity index (χ0) is 35.1. The van der Waals surface area contributed by atoms with E-state index >= 15 is 0 Å². The number of aromatic nitrogens is 3. The quantitative estimate of drug-likeness (QED) is 0.178. The van der Waals surface area contributed by atoms with Crippen molar-refractivity contribution in [2.24, 2.45) is 4.99 Å². The molecule has 1 N–H and O–H groups in total. The van der Waals surface area contributed by atoms with E-state index in [2.05, 4.69) is 168 Å². The summed E-state index contributed by atoms with van der Waals surface area (Å²) in [6, 6.07) is 61.5. The summed E-state index contributed by atoms with van der Waals surface area (Å²) in [6.07, 6.45) is 4.08. The van der Waals surface area contributed by atoms with Gasteiger partial charge in [-0.1, -0.05) is 152 Å². The summed E-state index contributed by atoms with van der Waals surface area (Å²) in [6.45, 7) is 0. The van der Waals surface area contributed by atoms with Crippen molar-refractivity contribution in [3.8, 4) is 28.2 Å². The molecule has 0 amide bonds. The highest BCUT2D eigenvalue weighted by Gasteiger charge is 2.22. The molecule has 1 atom stereocenters. The second kappa shape index (κ2) is 12.9. The summed E-state index contributed by atoms with van der Waals surface area (Å²) in [4.78, 5) is 15.2. The fraction of sp³-hybridized carbons (Fsp3) is 0.0208. The molecular formula is C48H33N5. The lowest BCUT2D eigenvalue weighted by molar-refractivity contribution is 0.781. The fourth-order valence-electron chi connectivity index (χ4n) is 7.51. The fourth-order valence-corrected chi connectivity index (χ4v) is 7.51. The number of fused-ring (bicyclic) bond motifs is 6. The molecule has 1 unspecified atom stereocenters. The van der Waals surface area contributed by atoms with Crippen LogP contribution in [0.3, 0.4) is 0 Å². The van der Waals surface area contributed by atoms with E-state index in [1.165, 1.54) is 5.56 Å². The lowest BCUT2D eigenvalue weighted by Crippen LogP contribution is -2.31. The second-order valence-electron chi connectivity index (χ2n) is 13.3. The van der Waals surface area contributed by atoms with Gasteiger partial charge in [0.1, 0.15) is 11.7 Å². The van der Waals surface area contributed by atoms with Crippen molar-refractivity contribution in [2.75, 3.05) is 0 Å². The molecule has 0 fully saturated rings. The number of hydrogen-bond acceptors (Lipinski definition) is 4. The van der Waals surface area contributed by atoms with Gasteiger partial charge in [-0.25, -0.2) is 9.98 Å². The molecule has 0 spiro atoms. The minimum absolute atomic E-state index is 0.0125. The van der Waals surface area contributed by atoms with E-state index in [1.54, 1.807) is 0 Å². The molecule has 0 bridgehead atoms. The molecule has 7 aromatic carbocycles. The van der Waals surface area contributed by atoms with Gasteiger partial charge in [0, 0.05) is 39.2 Å². The summed E-state index contributed by atoms with van der Waals surface area (Å²) < 4.78 is 2.30. The van der Waals surface area contributed by atoms with Crippen molar-refractivity contribution in [2.45, 2.75) is 6.04 Å². The maximum absolute atomic E-state index is 5.36. The van der Waals surface area contributed by atoms with Crippen molar-refractivity contribution in [3.63, 3.8) is 0 Å². The zero-order valence-corrected chi connectivity index (χ0v) is 28.8. The van der Waals surface area contributed by atoms with E-state index in [0.29, 0.717) is 0 Å². The SMILES string of the molecule is C1=C(c2ccc(-c3ccc(-c4nc5c6cccnc6c6ccccc6c5n4-c4ccccc4)cc3)cc2)N=C(c2ccccc2)NC1c1ccccc1. The van der Waals surface area contributed by atoms with Crippen molar-refractivity contribution in [1.82, 2.24) is 19.9 Å². The number of amidine groups is 1. The van der Waals surface area contributed by atoms with Crippen LogP contribution in [0.2, 0.25) is 0 Å². The molecule has 10 rings (SSSR count). The first kappa shape index (κ1) is 30.7. The first-order chi connectivity index (χ1) is 26.3.